The molecule has 2 atom stereocenters. The molecule has 5 heteroatoms. The Labute approximate surface area is 142 Å². The molecule has 0 bridgehead atoms. The summed E-state index contributed by atoms with van der Waals surface area (Å²) in [5, 5.41) is 3.03. The second-order valence-electron chi connectivity index (χ2n) is 6.09. The molecule has 126 valence electrons. The highest BCUT2D eigenvalue weighted by atomic mass is 16.5. The maximum atomic E-state index is 12.6. The third-order valence-corrected chi connectivity index (χ3v) is 4.36. The van der Waals surface area contributed by atoms with Crippen LogP contribution in [-0.4, -0.2) is 19.6 Å². The number of aryl methyl sites for hydroxylation is 1. The standard InChI is InChI=1S/C19H23N3O2/c1-13-6-8-15(9-7-13)18-17(12-21-22-18)19(23)20-11-14-4-3-5-16(10-14)24-2/h3-10,17-18,21-22H,11-12H2,1-2H3,(H,20,23). The van der Waals surface area contributed by atoms with Gasteiger partial charge in [0.25, 0.3) is 0 Å². The van der Waals surface area contributed by atoms with Crippen molar-refractivity contribution in [2.24, 2.45) is 5.92 Å². The molecule has 2 unspecified atom stereocenters. The van der Waals surface area contributed by atoms with Crippen LogP contribution in [0.2, 0.25) is 0 Å². The van der Waals surface area contributed by atoms with E-state index < -0.39 is 0 Å². The zero-order valence-corrected chi connectivity index (χ0v) is 14.0. The van der Waals surface area contributed by atoms with E-state index in [0.29, 0.717) is 13.1 Å². The second-order valence-corrected chi connectivity index (χ2v) is 6.09. The predicted octanol–water partition coefficient (Wildman–Crippen LogP) is 2.09. The molecular formula is C19H23N3O2. The van der Waals surface area contributed by atoms with E-state index in [1.807, 2.05) is 24.3 Å². The summed E-state index contributed by atoms with van der Waals surface area (Å²) in [5.41, 5.74) is 9.66. The molecule has 1 heterocycles. The average Bonchev–Trinajstić information content (AvgIpc) is 3.10. The number of amides is 1. The van der Waals surface area contributed by atoms with Gasteiger partial charge in [-0.05, 0) is 30.2 Å². The first-order valence-corrected chi connectivity index (χ1v) is 8.13. The normalized spacial score (nSPS) is 19.9. The molecule has 3 N–H and O–H groups in total. The molecule has 0 aliphatic carbocycles. The Bertz CT molecular complexity index is 700. The molecule has 1 saturated heterocycles. The van der Waals surface area contributed by atoms with Gasteiger partial charge in [0.1, 0.15) is 5.75 Å². The SMILES string of the molecule is COc1cccc(CNC(=O)C2CNNC2c2ccc(C)cc2)c1. The highest BCUT2D eigenvalue weighted by Gasteiger charge is 2.33. The summed E-state index contributed by atoms with van der Waals surface area (Å²) in [7, 11) is 1.64. The number of hydrogen-bond acceptors (Lipinski definition) is 4. The second kappa shape index (κ2) is 7.47. The van der Waals surface area contributed by atoms with Gasteiger partial charge in [0, 0.05) is 13.1 Å². The number of nitrogens with one attached hydrogen (secondary N) is 3. The van der Waals surface area contributed by atoms with Gasteiger partial charge < -0.3 is 10.1 Å². The first kappa shape index (κ1) is 16.5. The van der Waals surface area contributed by atoms with Crippen molar-refractivity contribution in [2.75, 3.05) is 13.7 Å². The fraction of sp³-hybridized carbons (Fsp3) is 0.316. The number of ether oxygens (including phenoxy) is 1. The van der Waals surface area contributed by atoms with E-state index in [4.69, 9.17) is 4.74 Å². The van der Waals surface area contributed by atoms with Crippen LogP contribution in [-0.2, 0) is 11.3 Å². The van der Waals surface area contributed by atoms with Gasteiger partial charge >= 0.3 is 0 Å². The van der Waals surface area contributed by atoms with Crippen molar-refractivity contribution in [3.8, 4) is 5.75 Å². The Morgan fingerprint density at radius 3 is 2.79 bits per heavy atom. The van der Waals surface area contributed by atoms with Gasteiger partial charge in [-0.15, -0.1) is 0 Å². The van der Waals surface area contributed by atoms with Crippen molar-refractivity contribution in [3.63, 3.8) is 0 Å². The van der Waals surface area contributed by atoms with Gasteiger partial charge in [-0.2, -0.15) is 0 Å². The Kier molecular flexibility index (Phi) is 5.13. The molecule has 1 aliphatic rings. The van der Waals surface area contributed by atoms with Crippen LogP contribution in [0.25, 0.3) is 0 Å². The molecule has 0 spiro atoms. The third-order valence-electron chi connectivity index (χ3n) is 4.36. The largest absolute Gasteiger partial charge is 0.497 e. The third kappa shape index (κ3) is 3.75. The van der Waals surface area contributed by atoms with E-state index in [-0.39, 0.29) is 17.9 Å². The minimum Gasteiger partial charge on any atom is -0.497 e. The highest BCUT2D eigenvalue weighted by molar-refractivity contribution is 5.80. The molecule has 0 radical (unpaired) electrons. The van der Waals surface area contributed by atoms with Crippen molar-refractivity contribution in [2.45, 2.75) is 19.5 Å². The maximum absolute atomic E-state index is 12.6. The number of benzene rings is 2. The molecule has 24 heavy (non-hydrogen) atoms. The van der Waals surface area contributed by atoms with Crippen LogP contribution >= 0.6 is 0 Å². The van der Waals surface area contributed by atoms with Gasteiger partial charge in [-0.3, -0.25) is 10.2 Å². The van der Waals surface area contributed by atoms with Crippen molar-refractivity contribution in [3.05, 3.63) is 65.2 Å². The predicted molar refractivity (Wildman–Crippen MR) is 93.4 cm³/mol. The number of hydrazine groups is 1. The summed E-state index contributed by atoms with van der Waals surface area (Å²) in [4.78, 5) is 12.6. The van der Waals surface area contributed by atoms with Gasteiger partial charge in [0.05, 0.1) is 19.1 Å². The van der Waals surface area contributed by atoms with E-state index in [1.54, 1.807) is 7.11 Å². The molecule has 3 rings (SSSR count). The molecule has 0 saturated carbocycles. The van der Waals surface area contributed by atoms with Crippen LogP contribution in [0.15, 0.2) is 48.5 Å². The quantitative estimate of drug-likeness (QED) is 0.788. The van der Waals surface area contributed by atoms with Crippen LogP contribution in [0.4, 0.5) is 0 Å². The lowest BCUT2D eigenvalue weighted by Gasteiger charge is -2.18. The van der Waals surface area contributed by atoms with Gasteiger partial charge in [0.15, 0.2) is 0 Å². The summed E-state index contributed by atoms with van der Waals surface area (Å²) in [6, 6.07) is 16.0. The number of hydrogen-bond donors (Lipinski definition) is 3. The van der Waals surface area contributed by atoms with Crippen LogP contribution in [0, 0.1) is 12.8 Å². The summed E-state index contributed by atoms with van der Waals surface area (Å²) < 4.78 is 5.21. The lowest BCUT2D eigenvalue weighted by Crippen LogP contribution is -2.34. The molecule has 1 fully saturated rings. The van der Waals surface area contributed by atoms with E-state index >= 15 is 0 Å². The zero-order chi connectivity index (χ0) is 16.9. The number of methoxy groups -OCH3 is 1. The van der Waals surface area contributed by atoms with E-state index in [0.717, 1.165) is 16.9 Å². The topological polar surface area (TPSA) is 62.4 Å². The summed E-state index contributed by atoms with van der Waals surface area (Å²) >= 11 is 0. The zero-order valence-electron chi connectivity index (χ0n) is 14.0. The summed E-state index contributed by atoms with van der Waals surface area (Å²) in [6.45, 7) is 3.16. The Morgan fingerprint density at radius 1 is 1.25 bits per heavy atom. The smallest absolute Gasteiger partial charge is 0.226 e. The van der Waals surface area contributed by atoms with E-state index in [1.165, 1.54) is 5.56 Å². The van der Waals surface area contributed by atoms with Crippen LogP contribution in [0.3, 0.4) is 0 Å². The Hall–Kier alpha value is -2.37. The lowest BCUT2D eigenvalue weighted by molar-refractivity contribution is -0.125. The fourth-order valence-electron chi connectivity index (χ4n) is 2.93. The van der Waals surface area contributed by atoms with Crippen molar-refractivity contribution < 1.29 is 9.53 Å². The van der Waals surface area contributed by atoms with E-state index in [9.17, 15) is 4.79 Å². The molecule has 1 aliphatic heterocycles. The van der Waals surface area contributed by atoms with Crippen molar-refractivity contribution >= 4 is 5.91 Å². The van der Waals surface area contributed by atoms with Gasteiger partial charge in [-0.1, -0.05) is 42.0 Å². The first-order chi connectivity index (χ1) is 11.7. The molecular weight excluding hydrogens is 302 g/mol. The Balaban J connectivity index is 1.64. The number of carbonyl (C=O) groups is 1. The minimum atomic E-state index is -0.140. The molecule has 2 aromatic carbocycles. The highest BCUT2D eigenvalue weighted by Crippen LogP contribution is 2.25. The fourth-order valence-corrected chi connectivity index (χ4v) is 2.93. The summed E-state index contributed by atoms with van der Waals surface area (Å²) in [6.07, 6.45) is 0. The van der Waals surface area contributed by atoms with Crippen molar-refractivity contribution in [1.82, 2.24) is 16.2 Å². The van der Waals surface area contributed by atoms with Crippen LogP contribution in [0.1, 0.15) is 22.7 Å². The molecule has 5 nitrogen and oxygen atoms in total. The first-order valence-electron chi connectivity index (χ1n) is 8.13. The summed E-state index contributed by atoms with van der Waals surface area (Å²) in [5.74, 6) is 0.697. The molecule has 2 aromatic rings. The Morgan fingerprint density at radius 2 is 2.04 bits per heavy atom. The molecule has 0 aromatic heterocycles. The van der Waals surface area contributed by atoms with Gasteiger partial charge in [0.2, 0.25) is 5.91 Å². The van der Waals surface area contributed by atoms with Crippen LogP contribution < -0.4 is 20.9 Å². The van der Waals surface area contributed by atoms with Crippen LogP contribution in [0.5, 0.6) is 5.75 Å². The van der Waals surface area contributed by atoms with Gasteiger partial charge in [-0.25, -0.2) is 5.43 Å². The minimum absolute atomic E-state index is 0.0177. The number of rotatable bonds is 5. The monoisotopic (exact) mass is 325 g/mol. The van der Waals surface area contributed by atoms with E-state index in [2.05, 4.69) is 47.4 Å². The number of carbonyl (C=O) groups excluding carboxylic acids is 1. The molecule has 1 amide bonds. The average molecular weight is 325 g/mol. The van der Waals surface area contributed by atoms with Crippen molar-refractivity contribution in [1.29, 1.82) is 0 Å². The maximum Gasteiger partial charge on any atom is 0.226 e. The lowest BCUT2D eigenvalue weighted by atomic mass is 9.93.